The van der Waals surface area contributed by atoms with Gasteiger partial charge in [-0.25, -0.2) is 0 Å². The summed E-state index contributed by atoms with van der Waals surface area (Å²) < 4.78 is 0. The molecule has 0 atom stereocenters. The van der Waals surface area contributed by atoms with Crippen LogP contribution in [0.5, 0.6) is 0 Å². The number of hydrogen-bond donors (Lipinski definition) is 3. The molecule has 0 bridgehead atoms. The summed E-state index contributed by atoms with van der Waals surface area (Å²) in [5.41, 5.74) is 9.06. The highest BCUT2D eigenvalue weighted by Crippen LogP contribution is 2.21. The van der Waals surface area contributed by atoms with Crippen LogP contribution in [0.4, 0.5) is 23.3 Å². The number of anilines is 4. The van der Waals surface area contributed by atoms with E-state index >= 15 is 0 Å². The van der Waals surface area contributed by atoms with Gasteiger partial charge in [-0.15, -0.1) is 0 Å². The van der Waals surface area contributed by atoms with E-state index in [1.807, 2.05) is 12.1 Å². The van der Waals surface area contributed by atoms with Crippen molar-refractivity contribution >= 4 is 23.3 Å². The molecule has 0 amide bonds. The molecule has 0 saturated heterocycles. The largest absolute Gasteiger partial charge is 0.373 e. The molecule has 2 rings (SSSR count). The number of aryl methyl sites for hydroxylation is 2. The van der Waals surface area contributed by atoms with Crippen molar-refractivity contribution in [3.63, 3.8) is 0 Å². The van der Waals surface area contributed by atoms with Crippen LogP contribution in [0.1, 0.15) is 11.1 Å². The standard InChI is InChI=1S/C13H17N5/c1-8-4-5-10(9(2)6-8)16-12-7-11(15-3)17-13(14)18-12/h4-7H,1-3H3,(H4,14,15,16,17,18). The van der Waals surface area contributed by atoms with Crippen molar-refractivity contribution in [1.29, 1.82) is 0 Å². The van der Waals surface area contributed by atoms with E-state index in [2.05, 4.69) is 46.6 Å². The molecule has 0 saturated carbocycles. The highest BCUT2D eigenvalue weighted by Gasteiger charge is 2.03. The average Bonchev–Trinajstić information content (AvgIpc) is 2.32. The first kappa shape index (κ1) is 12.2. The van der Waals surface area contributed by atoms with Gasteiger partial charge in [-0.05, 0) is 25.5 Å². The monoisotopic (exact) mass is 243 g/mol. The number of rotatable bonds is 3. The molecular weight excluding hydrogens is 226 g/mol. The number of aromatic nitrogens is 2. The van der Waals surface area contributed by atoms with Gasteiger partial charge in [-0.3, -0.25) is 0 Å². The lowest BCUT2D eigenvalue weighted by Gasteiger charge is -2.11. The zero-order chi connectivity index (χ0) is 13.1. The van der Waals surface area contributed by atoms with Crippen LogP contribution in [0.25, 0.3) is 0 Å². The Morgan fingerprint density at radius 3 is 2.44 bits per heavy atom. The summed E-state index contributed by atoms with van der Waals surface area (Å²) in [6.07, 6.45) is 0. The van der Waals surface area contributed by atoms with Gasteiger partial charge in [0.2, 0.25) is 5.95 Å². The van der Waals surface area contributed by atoms with E-state index in [4.69, 9.17) is 5.73 Å². The van der Waals surface area contributed by atoms with Crippen LogP contribution < -0.4 is 16.4 Å². The van der Waals surface area contributed by atoms with Crippen LogP contribution in [-0.2, 0) is 0 Å². The fraction of sp³-hybridized carbons (Fsp3) is 0.231. The summed E-state index contributed by atoms with van der Waals surface area (Å²) in [4.78, 5) is 8.20. The highest BCUT2D eigenvalue weighted by molar-refractivity contribution is 5.63. The molecule has 4 N–H and O–H groups in total. The Morgan fingerprint density at radius 1 is 1.06 bits per heavy atom. The van der Waals surface area contributed by atoms with Gasteiger partial charge in [0.05, 0.1) is 0 Å². The molecule has 0 aliphatic rings. The molecule has 5 nitrogen and oxygen atoms in total. The molecule has 2 aromatic rings. The maximum absolute atomic E-state index is 5.65. The van der Waals surface area contributed by atoms with Crippen LogP contribution in [-0.4, -0.2) is 17.0 Å². The second kappa shape index (κ2) is 4.91. The maximum atomic E-state index is 5.65. The van der Waals surface area contributed by atoms with Crippen LogP contribution >= 0.6 is 0 Å². The second-order valence-electron chi connectivity index (χ2n) is 4.19. The normalized spacial score (nSPS) is 10.2. The summed E-state index contributed by atoms with van der Waals surface area (Å²) in [5.74, 6) is 1.61. The van der Waals surface area contributed by atoms with Crippen molar-refractivity contribution in [2.45, 2.75) is 13.8 Å². The fourth-order valence-electron chi connectivity index (χ4n) is 1.75. The third-order valence-corrected chi connectivity index (χ3v) is 2.64. The molecule has 1 aromatic heterocycles. The van der Waals surface area contributed by atoms with Crippen LogP contribution in [0, 0.1) is 13.8 Å². The lowest BCUT2D eigenvalue weighted by Crippen LogP contribution is -2.03. The van der Waals surface area contributed by atoms with E-state index in [-0.39, 0.29) is 5.95 Å². The number of nitrogen functional groups attached to an aromatic ring is 1. The third kappa shape index (κ3) is 2.68. The molecule has 0 fully saturated rings. The predicted molar refractivity (Wildman–Crippen MR) is 75.2 cm³/mol. The Hall–Kier alpha value is -2.30. The topological polar surface area (TPSA) is 75.9 Å². The predicted octanol–water partition coefficient (Wildman–Crippen LogP) is 2.46. The van der Waals surface area contributed by atoms with E-state index < -0.39 is 0 Å². The minimum Gasteiger partial charge on any atom is -0.373 e. The lowest BCUT2D eigenvalue weighted by molar-refractivity contribution is 1.17. The molecule has 18 heavy (non-hydrogen) atoms. The van der Waals surface area contributed by atoms with Gasteiger partial charge in [0.25, 0.3) is 0 Å². The lowest BCUT2D eigenvalue weighted by atomic mass is 10.1. The summed E-state index contributed by atoms with van der Waals surface area (Å²) in [5, 5.41) is 6.19. The Bertz CT molecular complexity index is 565. The number of nitrogens with zero attached hydrogens (tertiary/aromatic N) is 2. The zero-order valence-corrected chi connectivity index (χ0v) is 10.8. The molecule has 0 unspecified atom stereocenters. The summed E-state index contributed by atoms with van der Waals surface area (Å²) in [6, 6.07) is 8.02. The van der Waals surface area contributed by atoms with E-state index in [9.17, 15) is 0 Å². The Morgan fingerprint density at radius 2 is 1.78 bits per heavy atom. The van der Waals surface area contributed by atoms with Crippen molar-refractivity contribution in [3.8, 4) is 0 Å². The first-order valence-corrected chi connectivity index (χ1v) is 5.75. The smallest absolute Gasteiger partial charge is 0.223 e. The van der Waals surface area contributed by atoms with Crippen LogP contribution in [0.2, 0.25) is 0 Å². The molecule has 1 aromatic carbocycles. The van der Waals surface area contributed by atoms with Crippen molar-refractivity contribution in [2.24, 2.45) is 0 Å². The van der Waals surface area contributed by atoms with E-state index in [1.165, 1.54) is 5.56 Å². The minimum absolute atomic E-state index is 0.245. The first-order valence-electron chi connectivity index (χ1n) is 5.75. The average molecular weight is 243 g/mol. The zero-order valence-electron chi connectivity index (χ0n) is 10.8. The van der Waals surface area contributed by atoms with Gasteiger partial charge in [-0.1, -0.05) is 17.7 Å². The molecule has 0 radical (unpaired) electrons. The Balaban J connectivity index is 2.30. The van der Waals surface area contributed by atoms with E-state index in [0.717, 1.165) is 11.3 Å². The molecule has 0 spiro atoms. The van der Waals surface area contributed by atoms with Crippen molar-refractivity contribution < 1.29 is 0 Å². The number of nitrogens with two attached hydrogens (primary N) is 1. The van der Waals surface area contributed by atoms with Crippen molar-refractivity contribution in [1.82, 2.24) is 9.97 Å². The van der Waals surface area contributed by atoms with E-state index in [1.54, 1.807) is 7.05 Å². The summed E-state index contributed by atoms with van der Waals surface area (Å²) in [6.45, 7) is 4.12. The van der Waals surface area contributed by atoms with Crippen molar-refractivity contribution in [2.75, 3.05) is 23.4 Å². The molecule has 5 heteroatoms. The van der Waals surface area contributed by atoms with Gasteiger partial charge < -0.3 is 16.4 Å². The minimum atomic E-state index is 0.245. The van der Waals surface area contributed by atoms with E-state index in [0.29, 0.717) is 11.6 Å². The number of benzene rings is 1. The SMILES string of the molecule is CNc1cc(Nc2ccc(C)cc2C)nc(N)n1. The van der Waals surface area contributed by atoms with Gasteiger partial charge in [0.15, 0.2) is 0 Å². The summed E-state index contributed by atoms with van der Waals surface area (Å²) in [7, 11) is 1.79. The maximum Gasteiger partial charge on any atom is 0.223 e. The van der Waals surface area contributed by atoms with Gasteiger partial charge in [-0.2, -0.15) is 9.97 Å². The van der Waals surface area contributed by atoms with Gasteiger partial charge >= 0.3 is 0 Å². The third-order valence-electron chi connectivity index (χ3n) is 2.64. The molecular formula is C13H17N5. The quantitative estimate of drug-likeness (QED) is 0.772. The molecule has 0 aliphatic carbocycles. The summed E-state index contributed by atoms with van der Waals surface area (Å²) >= 11 is 0. The van der Waals surface area contributed by atoms with Crippen LogP contribution in [0.15, 0.2) is 24.3 Å². The first-order chi connectivity index (χ1) is 8.58. The van der Waals surface area contributed by atoms with Crippen molar-refractivity contribution in [3.05, 3.63) is 35.4 Å². The number of hydrogen-bond acceptors (Lipinski definition) is 5. The molecule has 94 valence electrons. The molecule has 1 heterocycles. The van der Waals surface area contributed by atoms with Gasteiger partial charge in [0, 0.05) is 18.8 Å². The fourth-order valence-corrected chi connectivity index (χ4v) is 1.75. The van der Waals surface area contributed by atoms with Crippen LogP contribution in [0.3, 0.4) is 0 Å². The van der Waals surface area contributed by atoms with Gasteiger partial charge in [0.1, 0.15) is 11.6 Å². The molecule has 0 aliphatic heterocycles. The Labute approximate surface area is 106 Å². The Kier molecular flexibility index (Phi) is 3.32. The number of nitrogens with one attached hydrogen (secondary N) is 2. The second-order valence-corrected chi connectivity index (χ2v) is 4.19. The highest BCUT2D eigenvalue weighted by atomic mass is 15.1.